The molecule has 0 aliphatic rings. The number of aryl methyl sites for hydroxylation is 2. The highest BCUT2D eigenvalue weighted by Crippen LogP contribution is 2.40. The number of fused-ring (bicyclic) bond motifs is 6. The van der Waals surface area contributed by atoms with Crippen molar-refractivity contribution in [3.63, 3.8) is 0 Å². The van der Waals surface area contributed by atoms with Gasteiger partial charge in [-0.1, -0.05) is 108 Å². The van der Waals surface area contributed by atoms with E-state index >= 15 is 0 Å². The van der Waals surface area contributed by atoms with Crippen molar-refractivity contribution >= 4 is 49.3 Å². The van der Waals surface area contributed by atoms with Crippen LogP contribution >= 0.6 is 0 Å². The standard InChI is InChI=1S/C55H35N7/c1-34-20-26-51-46(28-34)41-16-7-9-18-49(41)61(51)39-22-24-43(45(31-39)38-15-11-12-36(30-38)33-56)54-58-53(37-13-5-4-6-14-37)59-55(60-54)44-25-23-40(32-48(44)57-3)62-50-19-10-8-17-42(50)47-29-35(2)21-27-52(47)62/h4-32H,1-2H3. The van der Waals surface area contributed by atoms with Crippen molar-refractivity contribution in [3.05, 3.63) is 204 Å². The monoisotopic (exact) mass is 793 g/mol. The van der Waals surface area contributed by atoms with Crippen LogP contribution in [0.3, 0.4) is 0 Å². The lowest BCUT2D eigenvalue weighted by Crippen LogP contribution is -2.03. The van der Waals surface area contributed by atoms with Gasteiger partial charge in [0.2, 0.25) is 0 Å². The molecule has 0 N–H and O–H groups in total. The average Bonchev–Trinajstić information content (AvgIpc) is 3.83. The number of nitriles is 1. The van der Waals surface area contributed by atoms with Gasteiger partial charge in [-0.3, -0.25) is 0 Å². The summed E-state index contributed by atoms with van der Waals surface area (Å²) in [5.74, 6) is 1.33. The van der Waals surface area contributed by atoms with Crippen LogP contribution in [0, 0.1) is 31.8 Å². The van der Waals surface area contributed by atoms with E-state index in [9.17, 15) is 5.26 Å². The van der Waals surface area contributed by atoms with Gasteiger partial charge in [0, 0.05) is 49.6 Å². The molecule has 8 aromatic carbocycles. The van der Waals surface area contributed by atoms with Crippen LogP contribution < -0.4 is 0 Å². The van der Waals surface area contributed by atoms with Crippen molar-refractivity contribution in [2.75, 3.05) is 0 Å². The number of benzene rings is 8. The molecule has 0 atom stereocenters. The summed E-state index contributed by atoms with van der Waals surface area (Å²) in [6.07, 6.45) is 0. The molecule has 11 aromatic rings. The Morgan fingerprint density at radius 3 is 1.61 bits per heavy atom. The minimum Gasteiger partial charge on any atom is -0.311 e. The lowest BCUT2D eigenvalue weighted by molar-refractivity contribution is 1.07. The molecule has 11 rings (SSSR count). The smallest absolute Gasteiger partial charge is 0.200 e. The molecule has 0 fully saturated rings. The number of hydrogen-bond donors (Lipinski definition) is 0. The van der Waals surface area contributed by atoms with Crippen LogP contribution in [-0.2, 0) is 0 Å². The molecule has 0 radical (unpaired) electrons. The highest BCUT2D eigenvalue weighted by Gasteiger charge is 2.21. The van der Waals surface area contributed by atoms with Crippen molar-refractivity contribution < 1.29 is 0 Å². The Labute approximate surface area is 357 Å². The summed E-state index contributed by atoms with van der Waals surface area (Å²) in [6, 6.07) is 62.0. The lowest BCUT2D eigenvalue weighted by atomic mass is 9.96. The zero-order chi connectivity index (χ0) is 41.9. The van der Waals surface area contributed by atoms with E-state index in [-0.39, 0.29) is 0 Å². The fourth-order valence-electron chi connectivity index (χ4n) is 8.87. The van der Waals surface area contributed by atoms with Gasteiger partial charge in [-0.05, 0) is 104 Å². The van der Waals surface area contributed by atoms with Crippen LogP contribution in [0.15, 0.2) is 176 Å². The zero-order valence-electron chi connectivity index (χ0n) is 33.9. The summed E-state index contributed by atoms with van der Waals surface area (Å²) in [7, 11) is 0. The summed E-state index contributed by atoms with van der Waals surface area (Å²) < 4.78 is 4.51. The molecule has 0 aliphatic heterocycles. The first kappa shape index (κ1) is 36.4. The highest BCUT2D eigenvalue weighted by molar-refractivity contribution is 6.10. The van der Waals surface area contributed by atoms with E-state index in [1.54, 1.807) is 0 Å². The Hall–Kier alpha value is -8.65. The summed E-state index contributed by atoms with van der Waals surface area (Å²) in [5.41, 5.74) is 13.4. The van der Waals surface area contributed by atoms with Crippen molar-refractivity contribution in [1.82, 2.24) is 24.1 Å². The van der Waals surface area contributed by atoms with E-state index in [2.05, 4.69) is 131 Å². The van der Waals surface area contributed by atoms with E-state index in [1.807, 2.05) is 78.9 Å². The van der Waals surface area contributed by atoms with Gasteiger partial charge in [0.05, 0.1) is 40.3 Å². The normalized spacial score (nSPS) is 11.4. The maximum atomic E-state index is 10.0. The van der Waals surface area contributed by atoms with Gasteiger partial charge in [0.15, 0.2) is 23.2 Å². The van der Waals surface area contributed by atoms with E-state index in [1.165, 1.54) is 27.3 Å². The molecule has 3 aromatic heterocycles. The Kier molecular flexibility index (Phi) is 8.56. The summed E-state index contributed by atoms with van der Waals surface area (Å²) >= 11 is 0. The third kappa shape index (κ3) is 6.00. The number of aromatic nitrogens is 5. The van der Waals surface area contributed by atoms with Gasteiger partial charge >= 0.3 is 0 Å². The molecule has 0 unspecified atom stereocenters. The average molecular weight is 794 g/mol. The molecular weight excluding hydrogens is 759 g/mol. The zero-order valence-corrected chi connectivity index (χ0v) is 33.9. The van der Waals surface area contributed by atoms with Crippen LogP contribution in [0.5, 0.6) is 0 Å². The molecule has 0 bridgehead atoms. The lowest BCUT2D eigenvalue weighted by Gasteiger charge is -2.16. The predicted octanol–water partition coefficient (Wildman–Crippen LogP) is 13.8. The molecule has 0 aliphatic carbocycles. The molecule has 7 nitrogen and oxygen atoms in total. The fourth-order valence-corrected chi connectivity index (χ4v) is 8.87. The van der Waals surface area contributed by atoms with Crippen LogP contribution in [0.4, 0.5) is 5.69 Å². The molecule has 62 heavy (non-hydrogen) atoms. The second-order valence-electron chi connectivity index (χ2n) is 15.7. The summed E-state index contributed by atoms with van der Waals surface area (Å²) in [4.78, 5) is 19.5. The Bertz CT molecular complexity index is 3690. The largest absolute Gasteiger partial charge is 0.311 e. The van der Waals surface area contributed by atoms with Gasteiger partial charge in [0.25, 0.3) is 0 Å². The molecular formula is C55H35N7. The van der Waals surface area contributed by atoms with Gasteiger partial charge in [-0.2, -0.15) is 5.26 Å². The maximum Gasteiger partial charge on any atom is 0.200 e. The highest BCUT2D eigenvalue weighted by atomic mass is 15.0. The first-order valence-corrected chi connectivity index (χ1v) is 20.4. The second kappa shape index (κ2) is 14.6. The number of rotatable bonds is 6. The van der Waals surface area contributed by atoms with Crippen LogP contribution in [0.25, 0.3) is 105 Å². The first-order valence-electron chi connectivity index (χ1n) is 20.4. The third-order valence-electron chi connectivity index (χ3n) is 11.7. The number of hydrogen-bond acceptors (Lipinski definition) is 4. The molecule has 0 saturated carbocycles. The molecule has 0 amide bonds. The minimum absolute atomic E-state index is 0.391. The van der Waals surface area contributed by atoms with Gasteiger partial charge in [-0.15, -0.1) is 0 Å². The van der Waals surface area contributed by atoms with Crippen molar-refractivity contribution in [2.24, 2.45) is 0 Å². The quantitative estimate of drug-likeness (QED) is 0.157. The van der Waals surface area contributed by atoms with Crippen LogP contribution in [-0.4, -0.2) is 24.1 Å². The topological polar surface area (TPSA) is 76.7 Å². The number of nitrogens with zero attached hydrogens (tertiary/aromatic N) is 7. The summed E-state index contributed by atoms with van der Waals surface area (Å²) in [6.45, 7) is 12.7. The molecule has 0 saturated heterocycles. The van der Waals surface area contributed by atoms with Crippen LogP contribution in [0.1, 0.15) is 16.7 Å². The van der Waals surface area contributed by atoms with Crippen molar-refractivity contribution in [2.45, 2.75) is 13.8 Å². The Morgan fingerprint density at radius 2 is 0.984 bits per heavy atom. The predicted molar refractivity (Wildman–Crippen MR) is 251 cm³/mol. The fraction of sp³-hybridized carbons (Fsp3) is 0.0364. The van der Waals surface area contributed by atoms with Gasteiger partial charge < -0.3 is 9.13 Å². The van der Waals surface area contributed by atoms with Crippen molar-refractivity contribution in [1.29, 1.82) is 5.26 Å². The van der Waals surface area contributed by atoms with E-state index in [0.717, 1.165) is 61.1 Å². The van der Waals surface area contributed by atoms with Crippen molar-refractivity contribution in [3.8, 4) is 62.7 Å². The number of para-hydroxylation sites is 2. The minimum atomic E-state index is 0.391. The van der Waals surface area contributed by atoms with Gasteiger partial charge in [-0.25, -0.2) is 19.8 Å². The third-order valence-corrected chi connectivity index (χ3v) is 11.7. The second-order valence-corrected chi connectivity index (χ2v) is 15.7. The Balaban J connectivity index is 1.13. The van der Waals surface area contributed by atoms with Gasteiger partial charge in [0.1, 0.15) is 0 Å². The Morgan fingerprint density at radius 1 is 0.452 bits per heavy atom. The maximum absolute atomic E-state index is 10.0. The summed E-state index contributed by atoms with van der Waals surface area (Å²) in [5, 5.41) is 14.7. The van der Waals surface area contributed by atoms with E-state index in [4.69, 9.17) is 21.5 Å². The van der Waals surface area contributed by atoms with E-state index in [0.29, 0.717) is 34.3 Å². The molecule has 290 valence electrons. The molecule has 7 heteroatoms. The molecule has 0 spiro atoms. The SMILES string of the molecule is [C-]#[N+]c1cc(-n2c3ccccc3c3cc(C)ccc32)ccc1-c1nc(-c2ccccc2)nc(-c2ccc(-n3c4ccccc4c4cc(C)ccc43)cc2-c2cccc(C#N)c2)n1. The van der Waals surface area contributed by atoms with E-state index < -0.39 is 0 Å². The first-order chi connectivity index (χ1) is 30.4. The molecule has 3 heterocycles. The van der Waals surface area contributed by atoms with Crippen LogP contribution in [0.2, 0.25) is 0 Å².